The van der Waals surface area contributed by atoms with Gasteiger partial charge in [0.25, 0.3) is 0 Å². The van der Waals surface area contributed by atoms with Crippen LogP contribution in [0.3, 0.4) is 0 Å². The van der Waals surface area contributed by atoms with Crippen molar-refractivity contribution < 1.29 is 44.5 Å². The first kappa shape index (κ1) is 22.4. The number of hydrogen-bond donors (Lipinski definition) is 3. The molecule has 0 spiro atoms. The van der Waals surface area contributed by atoms with Gasteiger partial charge in [-0.1, -0.05) is 12.1 Å². The fourth-order valence-electron chi connectivity index (χ4n) is 2.96. The summed E-state index contributed by atoms with van der Waals surface area (Å²) < 4.78 is 0. The number of carbonyl (C=O) groups excluding carboxylic acids is 1. The zero-order chi connectivity index (χ0) is 15.2. The Hall–Kier alpha value is -0.650. The standard InChI is InChI=1S/C17H26N2O2.2ClH/c1-14-3-4-16(13-15(14)2)17(21)5-6-18-7-9-19(10-8-18)11-12-20;;/h3-4,13,20H,5-12H2,1-2H3;2*1H. The molecule has 1 saturated heterocycles. The van der Waals surface area contributed by atoms with E-state index >= 15 is 0 Å². The lowest BCUT2D eigenvalue weighted by atomic mass is 10.0. The predicted octanol–water partition coefficient (Wildman–Crippen LogP) is -7.34. The van der Waals surface area contributed by atoms with E-state index in [1.54, 1.807) is 0 Å². The van der Waals surface area contributed by atoms with Crippen LogP contribution in [0.25, 0.3) is 0 Å². The number of aliphatic hydroxyl groups is 1. The van der Waals surface area contributed by atoms with Crippen molar-refractivity contribution in [1.29, 1.82) is 0 Å². The summed E-state index contributed by atoms with van der Waals surface area (Å²) in [6.07, 6.45) is 0.632. The third-order valence-electron chi connectivity index (χ3n) is 4.66. The second kappa shape index (κ2) is 11.0. The van der Waals surface area contributed by atoms with Crippen LogP contribution in [-0.4, -0.2) is 56.8 Å². The fourth-order valence-corrected chi connectivity index (χ4v) is 2.96. The molecule has 0 saturated carbocycles. The Morgan fingerprint density at radius 1 is 1.00 bits per heavy atom. The molecule has 1 heterocycles. The summed E-state index contributed by atoms with van der Waals surface area (Å²) in [5, 5.41) is 8.96. The van der Waals surface area contributed by atoms with Gasteiger partial charge in [-0.3, -0.25) is 4.79 Å². The lowest BCUT2D eigenvalue weighted by molar-refractivity contribution is -1.01. The highest BCUT2D eigenvalue weighted by atomic mass is 35.5. The summed E-state index contributed by atoms with van der Waals surface area (Å²) in [6, 6.07) is 5.99. The SMILES string of the molecule is Cc1ccc(C(=O)CC[NH+]2CC[NH+](CCO)CC2)cc1C.[Cl-].[Cl-]. The van der Waals surface area contributed by atoms with Crippen LogP contribution in [0.4, 0.5) is 0 Å². The molecular weight excluding hydrogens is 335 g/mol. The minimum atomic E-state index is 0. The van der Waals surface area contributed by atoms with Crippen molar-refractivity contribution in [2.24, 2.45) is 0 Å². The molecule has 1 aliphatic rings. The maximum atomic E-state index is 12.3. The van der Waals surface area contributed by atoms with Crippen LogP contribution < -0.4 is 34.6 Å². The van der Waals surface area contributed by atoms with Gasteiger partial charge in [0, 0.05) is 5.56 Å². The Morgan fingerprint density at radius 2 is 1.57 bits per heavy atom. The molecule has 6 heteroatoms. The number of ketones is 1. The number of benzene rings is 1. The highest BCUT2D eigenvalue weighted by Crippen LogP contribution is 2.11. The number of rotatable bonds is 6. The predicted molar refractivity (Wildman–Crippen MR) is 83.1 cm³/mol. The summed E-state index contributed by atoms with van der Waals surface area (Å²) in [6.45, 7) is 10.6. The zero-order valence-corrected chi connectivity index (χ0v) is 15.5. The van der Waals surface area contributed by atoms with Crippen molar-refractivity contribution in [3.05, 3.63) is 34.9 Å². The molecular formula is C17H28Cl2N2O2. The number of aliphatic hydroxyl groups excluding tert-OH is 1. The van der Waals surface area contributed by atoms with E-state index in [-0.39, 0.29) is 37.2 Å². The maximum Gasteiger partial charge on any atom is 0.168 e. The van der Waals surface area contributed by atoms with Gasteiger partial charge in [0.15, 0.2) is 5.78 Å². The Labute approximate surface area is 151 Å². The van der Waals surface area contributed by atoms with Crippen molar-refractivity contribution in [2.45, 2.75) is 20.3 Å². The first-order chi connectivity index (χ1) is 10.1. The van der Waals surface area contributed by atoms with Gasteiger partial charge < -0.3 is 39.7 Å². The van der Waals surface area contributed by atoms with Crippen LogP contribution in [-0.2, 0) is 0 Å². The van der Waals surface area contributed by atoms with Gasteiger partial charge in [-0.15, -0.1) is 0 Å². The van der Waals surface area contributed by atoms with E-state index in [1.807, 2.05) is 18.2 Å². The Bertz CT molecular complexity index is 489. The Balaban J connectivity index is 0.00000242. The second-order valence-electron chi connectivity index (χ2n) is 6.20. The monoisotopic (exact) mass is 362 g/mol. The Morgan fingerprint density at radius 3 is 2.09 bits per heavy atom. The second-order valence-corrected chi connectivity index (χ2v) is 6.20. The van der Waals surface area contributed by atoms with Gasteiger partial charge in [-0.05, 0) is 31.0 Å². The molecule has 0 atom stereocenters. The molecule has 2 rings (SSSR count). The average molecular weight is 363 g/mol. The first-order valence-electron chi connectivity index (χ1n) is 7.98. The van der Waals surface area contributed by atoms with Gasteiger partial charge in [-0.25, -0.2) is 0 Å². The third-order valence-corrected chi connectivity index (χ3v) is 4.66. The molecule has 1 aliphatic heterocycles. The van der Waals surface area contributed by atoms with Crippen LogP contribution in [0.2, 0.25) is 0 Å². The molecule has 23 heavy (non-hydrogen) atoms. The number of piperazine rings is 1. The molecule has 0 aromatic heterocycles. The van der Waals surface area contributed by atoms with Gasteiger partial charge >= 0.3 is 0 Å². The average Bonchev–Trinajstić information content (AvgIpc) is 2.49. The zero-order valence-electron chi connectivity index (χ0n) is 14.0. The molecule has 1 fully saturated rings. The lowest BCUT2D eigenvalue weighted by Crippen LogP contribution is -3.28. The normalized spacial score (nSPS) is 20.3. The van der Waals surface area contributed by atoms with E-state index < -0.39 is 0 Å². The van der Waals surface area contributed by atoms with E-state index in [0.717, 1.165) is 44.8 Å². The highest BCUT2D eigenvalue weighted by Gasteiger charge is 2.22. The molecule has 4 nitrogen and oxygen atoms in total. The number of quaternary nitrogens is 2. The molecule has 132 valence electrons. The fraction of sp³-hybridized carbons (Fsp3) is 0.588. The molecule has 1 aromatic carbocycles. The summed E-state index contributed by atoms with van der Waals surface area (Å²) in [5.74, 6) is 0.260. The van der Waals surface area contributed by atoms with Crippen molar-refractivity contribution in [3.8, 4) is 0 Å². The van der Waals surface area contributed by atoms with Gasteiger partial charge in [0.05, 0.1) is 19.6 Å². The van der Waals surface area contributed by atoms with E-state index in [9.17, 15) is 4.79 Å². The van der Waals surface area contributed by atoms with E-state index in [0.29, 0.717) is 6.42 Å². The molecule has 3 N–H and O–H groups in total. The first-order valence-corrected chi connectivity index (χ1v) is 7.98. The van der Waals surface area contributed by atoms with Crippen LogP contribution in [0.5, 0.6) is 0 Å². The van der Waals surface area contributed by atoms with E-state index in [2.05, 4.69) is 13.8 Å². The van der Waals surface area contributed by atoms with Gasteiger partial charge in [-0.2, -0.15) is 0 Å². The summed E-state index contributed by atoms with van der Waals surface area (Å²) >= 11 is 0. The maximum absolute atomic E-state index is 12.3. The van der Waals surface area contributed by atoms with Crippen LogP contribution in [0.1, 0.15) is 27.9 Å². The van der Waals surface area contributed by atoms with Crippen molar-refractivity contribution in [1.82, 2.24) is 0 Å². The van der Waals surface area contributed by atoms with Crippen LogP contribution in [0.15, 0.2) is 18.2 Å². The topological polar surface area (TPSA) is 46.2 Å². The number of Topliss-reactive ketones (excluding diaryl/α,β-unsaturated/α-hetero) is 1. The number of carbonyl (C=O) groups is 1. The van der Waals surface area contributed by atoms with Crippen LogP contribution >= 0.6 is 0 Å². The molecule has 1 aromatic rings. The summed E-state index contributed by atoms with van der Waals surface area (Å²) in [7, 11) is 0. The Kier molecular flexibility index (Phi) is 10.7. The minimum absolute atomic E-state index is 0. The van der Waals surface area contributed by atoms with Crippen LogP contribution in [0, 0.1) is 13.8 Å². The number of aryl methyl sites for hydroxylation is 2. The number of nitrogens with one attached hydrogen (secondary N) is 2. The van der Waals surface area contributed by atoms with Gasteiger partial charge in [0.2, 0.25) is 0 Å². The lowest BCUT2D eigenvalue weighted by Gasteiger charge is -2.29. The highest BCUT2D eigenvalue weighted by molar-refractivity contribution is 5.96. The molecule has 0 aliphatic carbocycles. The molecule has 0 unspecified atom stereocenters. The molecule has 0 radical (unpaired) electrons. The number of halogens is 2. The summed E-state index contributed by atoms with van der Waals surface area (Å²) in [4.78, 5) is 15.3. The largest absolute Gasteiger partial charge is 1.00 e. The van der Waals surface area contributed by atoms with E-state index in [4.69, 9.17) is 5.11 Å². The quantitative estimate of drug-likeness (QED) is 0.440. The van der Waals surface area contributed by atoms with E-state index in [1.165, 1.54) is 20.9 Å². The number of hydrogen-bond acceptors (Lipinski definition) is 2. The third kappa shape index (κ3) is 6.77. The molecule has 0 bridgehead atoms. The van der Waals surface area contributed by atoms with Crippen molar-refractivity contribution >= 4 is 5.78 Å². The molecule has 0 amide bonds. The van der Waals surface area contributed by atoms with Crippen molar-refractivity contribution in [2.75, 3.05) is 45.9 Å². The smallest absolute Gasteiger partial charge is 0.168 e. The minimum Gasteiger partial charge on any atom is -1.00 e. The summed E-state index contributed by atoms with van der Waals surface area (Å²) in [5.41, 5.74) is 3.27. The van der Waals surface area contributed by atoms with Crippen molar-refractivity contribution in [3.63, 3.8) is 0 Å². The van der Waals surface area contributed by atoms with Gasteiger partial charge in [0.1, 0.15) is 32.7 Å².